The van der Waals surface area contributed by atoms with Crippen LogP contribution in [0.3, 0.4) is 0 Å². The number of rotatable bonds is 3. The van der Waals surface area contributed by atoms with Gasteiger partial charge in [-0.15, -0.1) is 0 Å². The number of aromatic nitrogens is 2. The molecule has 4 heteroatoms. The Kier molecular flexibility index (Phi) is 3.69. The first-order valence-electron chi connectivity index (χ1n) is 6.41. The highest BCUT2D eigenvalue weighted by Crippen LogP contribution is 2.20. The van der Waals surface area contributed by atoms with Crippen LogP contribution in [0.4, 0.5) is 11.6 Å². The molecule has 2 aromatic rings. The molecule has 0 bridgehead atoms. The van der Waals surface area contributed by atoms with Crippen molar-refractivity contribution in [2.24, 2.45) is 0 Å². The maximum Gasteiger partial charge on any atom is 0.252 e. The van der Waals surface area contributed by atoms with Gasteiger partial charge < -0.3 is 5.32 Å². The van der Waals surface area contributed by atoms with Crippen molar-refractivity contribution in [3.05, 3.63) is 51.4 Å². The molecule has 0 saturated carbocycles. The zero-order chi connectivity index (χ0) is 14.0. The van der Waals surface area contributed by atoms with Crippen LogP contribution < -0.4 is 10.9 Å². The Morgan fingerprint density at radius 3 is 2.63 bits per heavy atom. The van der Waals surface area contributed by atoms with Gasteiger partial charge in [0.25, 0.3) is 5.56 Å². The third-order valence-corrected chi connectivity index (χ3v) is 3.00. The lowest BCUT2D eigenvalue weighted by Crippen LogP contribution is -2.13. The van der Waals surface area contributed by atoms with Gasteiger partial charge in [-0.25, -0.2) is 4.98 Å². The number of nitrogens with zero attached hydrogens (tertiary/aromatic N) is 1. The van der Waals surface area contributed by atoms with Crippen molar-refractivity contribution < 1.29 is 0 Å². The summed E-state index contributed by atoms with van der Waals surface area (Å²) in [5.41, 5.74) is 3.89. The molecule has 2 N–H and O–H groups in total. The highest BCUT2D eigenvalue weighted by atomic mass is 16.1. The highest BCUT2D eigenvalue weighted by Gasteiger charge is 2.06. The quantitative estimate of drug-likeness (QED) is 0.887. The zero-order valence-corrected chi connectivity index (χ0v) is 11.7. The lowest BCUT2D eigenvalue weighted by Gasteiger charge is -2.11. The first-order chi connectivity index (χ1) is 8.95. The van der Waals surface area contributed by atoms with E-state index in [-0.39, 0.29) is 11.5 Å². The molecule has 1 aromatic carbocycles. The van der Waals surface area contributed by atoms with Crippen LogP contribution in [0, 0.1) is 13.8 Å². The van der Waals surface area contributed by atoms with E-state index in [0.717, 1.165) is 22.5 Å². The van der Waals surface area contributed by atoms with Crippen molar-refractivity contribution in [1.82, 2.24) is 9.97 Å². The largest absolute Gasteiger partial charge is 0.325 e. The lowest BCUT2D eigenvalue weighted by atomic mass is 10.1. The Labute approximate surface area is 112 Å². The summed E-state index contributed by atoms with van der Waals surface area (Å²) in [6.45, 7) is 8.09. The summed E-state index contributed by atoms with van der Waals surface area (Å²) in [7, 11) is 0. The van der Waals surface area contributed by atoms with Crippen molar-refractivity contribution in [1.29, 1.82) is 0 Å². The summed E-state index contributed by atoms with van der Waals surface area (Å²) in [6, 6.07) is 7.68. The Bertz CT molecular complexity index is 644. The minimum absolute atomic E-state index is 0.133. The molecule has 1 heterocycles. The predicted octanol–water partition coefficient (Wildman–Crippen LogP) is 3.25. The maximum atomic E-state index is 11.6. The number of H-pyrrole nitrogens is 1. The van der Waals surface area contributed by atoms with Crippen LogP contribution in [0.2, 0.25) is 0 Å². The number of hydrogen-bond donors (Lipinski definition) is 2. The van der Waals surface area contributed by atoms with E-state index in [1.165, 1.54) is 0 Å². The molecule has 0 radical (unpaired) electrons. The molecule has 1 aromatic heterocycles. The summed E-state index contributed by atoms with van der Waals surface area (Å²) in [4.78, 5) is 18.8. The standard InChI is InChI=1S/C15H19N3O/c1-9(2)12-8-14(19)18-15(16-12)17-13-7-10(3)5-6-11(13)4/h5-9H,1-4H3,(H2,16,17,18,19). The molecule has 100 valence electrons. The van der Waals surface area contributed by atoms with Crippen LogP contribution in [-0.2, 0) is 0 Å². The van der Waals surface area contributed by atoms with Crippen molar-refractivity contribution in [2.75, 3.05) is 5.32 Å². The van der Waals surface area contributed by atoms with Crippen LogP contribution in [0.25, 0.3) is 0 Å². The Morgan fingerprint density at radius 2 is 1.95 bits per heavy atom. The summed E-state index contributed by atoms with van der Waals surface area (Å²) >= 11 is 0. The van der Waals surface area contributed by atoms with E-state index in [0.29, 0.717) is 5.95 Å². The van der Waals surface area contributed by atoms with E-state index in [4.69, 9.17) is 0 Å². The molecule has 2 rings (SSSR count). The van der Waals surface area contributed by atoms with Gasteiger partial charge in [0.05, 0.1) is 5.69 Å². The fourth-order valence-electron chi connectivity index (χ4n) is 1.83. The Morgan fingerprint density at radius 1 is 1.21 bits per heavy atom. The summed E-state index contributed by atoms with van der Waals surface area (Å²) in [5, 5.41) is 3.18. The average molecular weight is 257 g/mol. The number of aromatic amines is 1. The van der Waals surface area contributed by atoms with Crippen LogP contribution in [0.15, 0.2) is 29.1 Å². The first kappa shape index (κ1) is 13.3. The van der Waals surface area contributed by atoms with E-state index < -0.39 is 0 Å². The van der Waals surface area contributed by atoms with Gasteiger partial charge in [-0.2, -0.15) is 0 Å². The second-order valence-electron chi connectivity index (χ2n) is 5.12. The molecule has 19 heavy (non-hydrogen) atoms. The fraction of sp³-hybridized carbons (Fsp3) is 0.333. The first-order valence-corrected chi connectivity index (χ1v) is 6.41. The van der Waals surface area contributed by atoms with Gasteiger partial charge >= 0.3 is 0 Å². The van der Waals surface area contributed by atoms with Crippen molar-refractivity contribution in [3.63, 3.8) is 0 Å². The van der Waals surface area contributed by atoms with Crippen LogP contribution >= 0.6 is 0 Å². The topological polar surface area (TPSA) is 57.8 Å². The number of anilines is 2. The van der Waals surface area contributed by atoms with Gasteiger partial charge in [0.15, 0.2) is 0 Å². The minimum Gasteiger partial charge on any atom is -0.325 e. The van der Waals surface area contributed by atoms with Gasteiger partial charge in [-0.1, -0.05) is 26.0 Å². The molecule has 0 aliphatic heterocycles. The van der Waals surface area contributed by atoms with Gasteiger partial charge in [0, 0.05) is 11.8 Å². The Balaban J connectivity index is 2.38. The van der Waals surface area contributed by atoms with Crippen LogP contribution in [0.5, 0.6) is 0 Å². The molecular weight excluding hydrogens is 238 g/mol. The molecule has 4 nitrogen and oxygen atoms in total. The van der Waals surface area contributed by atoms with Gasteiger partial charge in [-0.3, -0.25) is 9.78 Å². The van der Waals surface area contributed by atoms with E-state index in [1.54, 1.807) is 6.07 Å². The Hall–Kier alpha value is -2.10. The summed E-state index contributed by atoms with van der Waals surface area (Å²) in [6.07, 6.45) is 0. The van der Waals surface area contributed by atoms with Gasteiger partial charge in [0.1, 0.15) is 0 Å². The molecule has 0 atom stereocenters. The number of nitrogens with one attached hydrogen (secondary N) is 2. The second kappa shape index (κ2) is 5.26. The highest BCUT2D eigenvalue weighted by molar-refractivity contribution is 5.59. The molecule has 0 fully saturated rings. The zero-order valence-electron chi connectivity index (χ0n) is 11.7. The van der Waals surface area contributed by atoms with E-state index in [1.807, 2.05) is 39.8 Å². The lowest BCUT2D eigenvalue weighted by molar-refractivity contribution is 0.812. The average Bonchev–Trinajstić information content (AvgIpc) is 2.33. The number of aryl methyl sites for hydroxylation is 2. The molecular formula is C15H19N3O. The molecule has 0 saturated heterocycles. The molecule has 0 aliphatic rings. The van der Waals surface area contributed by atoms with E-state index in [2.05, 4.69) is 21.4 Å². The van der Waals surface area contributed by atoms with E-state index in [9.17, 15) is 4.79 Å². The number of benzene rings is 1. The SMILES string of the molecule is Cc1ccc(C)c(Nc2nc(C(C)C)cc(=O)[nH]2)c1. The fourth-order valence-corrected chi connectivity index (χ4v) is 1.83. The monoisotopic (exact) mass is 257 g/mol. The van der Waals surface area contributed by atoms with Gasteiger partial charge in [0.2, 0.25) is 5.95 Å². The molecule has 0 aliphatic carbocycles. The normalized spacial score (nSPS) is 10.8. The van der Waals surface area contributed by atoms with Crippen molar-refractivity contribution >= 4 is 11.6 Å². The van der Waals surface area contributed by atoms with Crippen LogP contribution in [-0.4, -0.2) is 9.97 Å². The van der Waals surface area contributed by atoms with Gasteiger partial charge in [-0.05, 0) is 37.0 Å². The maximum absolute atomic E-state index is 11.6. The summed E-state index contributed by atoms with van der Waals surface area (Å²) < 4.78 is 0. The number of hydrogen-bond acceptors (Lipinski definition) is 3. The second-order valence-corrected chi connectivity index (χ2v) is 5.12. The van der Waals surface area contributed by atoms with E-state index >= 15 is 0 Å². The summed E-state index contributed by atoms with van der Waals surface area (Å²) in [5.74, 6) is 0.714. The van der Waals surface area contributed by atoms with Crippen molar-refractivity contribution in [2.45, 2.75) is 33.6 Å². The molecule has 0 amide bonds. The predicted molar refractivity (Wildman–Crippen MR) is 78.1 cm³/mol. The van der Waals surface area contributed by atoms with Crippen molar-refractivity contribution in [3.8, 4) is 0 Å². The third kappa shape index (κ3) is 3.22. The smallest absolute Gasteiger partial charge is 0.252 e. The third-order valence-electron chi connectivity index (χ3n) is 3.00. The van der Waals surface area contributed by atoms with Crippen LogP contribution in [0.1, 0.15) is 36.6 Å². The molecule has 0 unspecified atom stereocenters. The minimum atomic E-state index is -0.133. The molecule has 0 spiro atoms.